The molecule has 0 saturated carbocycles. The fourth-order valence-electron chi connectivity index (χ4n) is 2.89. The highest BCUT2D eigenvalue weighted by Crippen LogP contribution is 2.37. The van der Waals surface area contributed by atoms with Crippen LogP contribution in [0.3, 0.4) is 0 Å². The number of rotatable bonds is 5. The molecule has 5 heteroatoms. The molecule has 0 bridgehead atoms. The van der Waals surface area contributed by atoms with Gasteiger partial charge in [-0.3, -0.25) is 5.10 Å². The van der Waals surface area contributed by atoms with Crippen molar-refractivity contribution in [3.63, 3.8) is 0 Å². The average molecular weight is 360 g/mol. The zero-order valence-electron chi connectivity index (χ0n) is 14.4. The zero-order chi connectivity index (χ0) is 18.6. The number of halogens is 1. The van der Waals surface area contributed by atoms with Crippen LogP contribution < -0.4 is 4.74 Å². The van der Waals surface area contributed by atoms with Crippen LogP contribution in [0.5, 0.6) is 11.5 Å². The lowest BCUT2D eigenvalue weighted by Gasteiger charge is -2.10. The van der Waals surface area contributed by atoms with Gasteiger partial charge in [0.2, 0.25) is 0 Å². The minimum absolute atomic E-state index is 0.0908. The van der Waals surface area contributed by atoms with Crippen LogP contribution in [0.2, 0.25) is 0 Å². The molecular weight excluding hydrogens is 343 g/mol. The number of phenols is 1. The Morgan fingerprint density at radius 2 is 1.70 bits per heavy atom. The fraction of sp³-hybridized carbons (Fsp3) is 0.0455. The van der Waals surface area contributed by atoms with Gasteiger partial charge in [-0.25, -0.2) is 4.39 Å². The molecule has 0 aliphatic rings. The van der Waals surface area contributed by atoms with Gasteiger partial charge in [0.15, 0.2) is 0 Å². The van der Waals surface area contributed by atoms with Crippen LogP contribution in [0, 0.1) is 5.82 Å². The van der Waals surface area contributed by atoms with Gasteiger partial charge in [0.05, 0.1) is 11.9 Å². The topological polar surface area (TPSA) is 58.1 Å². The number of ether oxygens (including phenoxy) is 1. The van der Waals surface area contributed by atoms with E-state index >= 15 is 0 Å². The van der Waals surface area contributed by atoms with Gasteiger partial charge in [0.25, 0.3) is 0 Å². The van der Waals surface area contributed by atoms with Crippen LogP contribution in [-0.4, -0.2) is 15.3 Å². The van der Waals surface area contributed by atoms with Crippen molar-refractivity contribution in [2.75, 3.05) is 0 Å². The molecule has 27 heavy (non-hydrogen) atoms. The summed E-state index contributed by atoms with van der Waals surface area (Å²) in [4.78, 5) is 0. The Balaban J connectivity index is 1.56. The minimum atomic E-state index is -0.283. The lowest BCUT2D eigenvalue weighted by atomic mass is 10.0. The first-order chi connectivity index (χ1) is 13.2. The molecule has 0 atom stereocenters. The molecule has 4 rings (SSSR count). The molecule has 2 N–H and O–H groups in total. The van der Waals surface area contributed by atoms with Crippen LogP contribution >= 0.6 is 0 Å². The molecule has 0 spiro atoms. The lowest BCUT2D eigenvalue weighted by molar-refractivity contribution is 0.304. The van der Waals surface area contributed by atoms with Gasteiger partial charge in [0.1, 0.15) is 23.9 Å². The average Bonchev–Trinajstić information content (AvgIpc) is 3.18. The third-order valence-corrected chi connectivity index (χ3v) is 4.28. The highest BCUT2D eigenvalue weighted by atomic mass is 19.1. The predicted molar refractivity (Wildman–Crippen MR) is 102 cm³/mol. The van der Waals surface area contributed by atoms with Crippen molar-refractivity contribution in [2.24, 2.45) is 0 Å². The Hall–Kier alpha value is -3.60. The number of aromatic amines is 1. The SMILES string of the molecule is Oc1cc(OCc2ccc(F)cc2)ccc1-c1[nH]ncc1-c1ccccc1. The minimum Gasteiger partial charge on any atom is -0.507 e. The molecule has 4 nitrogen and oxygen atoms in total. The maximum Gasteiger partial charge on any atom is 0.128 e. The summed E-state index contributed by atoms with van der Waals surface area (Å²) >= 11 is 0. The Bertz CT molecular complexity index is 1040. The van der Waals surface area contributed by atoms with Gasteiger partial charge >= 0.3 is 0 Å². The van der Waals surface area contributed by atoms with Crippen molar-refractivity contribution < 1.29 is 14.2 Å². The van der Waals surface area contributed by atoms with Crippen molar-refractivity contribution >= 4 is 0 Å². The van der Waals surface area contributed by atoms with E-state index in [1.54, 1.807) is 36.5 Å². The van der Waals surface area contributed by atoms with E-state index in [-0.39, 0.29) is 11.6 Å². The van der Waals surface area contributed by atoms with E-state index < -0.39 is 0 Å². The molecule has 134 valence electrons. The van der Waals surface area contributed by atoms with Gasteiger partial charge in [-0.1, -0.05) is 42.5 Å². The normalized spacial score (nSPS) is 10.7. The number of aromatic hydroxyl groups is 1. The number of H-pyrrole nitrogens is 1. The van der Waals surface area contributed by atoms with Crippen molar-refractivity contribution in [2.45, 2.75) is 6.61 Å². The van der Waals surface area contributed by atoms with E-state index in [0.717, 1.165) is 22.4 Å². The van der Waals surface area contributed by atoms with Crippen molar-refractivity contribution in [3.8, 4) is 33.9 Å². The molecule has 0 aliphatic heterocycles. The number of nitrogens with one attached hydrogen (secondary N) is 1. The first-order valence-electron chi connectivity index (χ1n) is 8.50. The van der Waals surface area contributed by atoms with E-state index in [1.807, 2.05) is 30.3 Å². The highest BCUT2D eigenvalue weighted by Gasteiger charge is 2.14. The molecule has 0 amide bonds. The Morgan fingerprint density at radius 3 is 2.44 bits per heavy atom. The molecule has 0 unspecified atom stereocenters. The Labute approximate surface area is 155 Å². The van der Waals surface area contributed by atoms with Crippen LogP contribution in [0.1, 0.15) is 5.56 Å². The molecule has 0 aliphatic carbocycles. The van der Waals surface area contributed by atoms with Gasteiger partial charge in [0, 0.05) is 17.2 Å². The number of aromatic nitrogens is 2. The summed E-state index contributed by atoms with van der Waals surface area (Å²) in [5.41, 5.74) is 4.15. The standard InChI is InChI=1S/C22H17FN2O2/c23-17-8-6-15(7-9-17)14-27-18-10-11-19(21(26)12-18)22-20(13-24-25-22)16-4-2-1-3-5-16/h1-13,26H,14H2,(H,24,25). The van der Waals surface area contributed by atoms with E-state index in [2.05, 4.69) is 10.2 Å². The number of nitrogens with zero attached hydrogens (tertiary/aromatic N) is 1. The van der Waals surface area contributed by atoms with Crippen LogP contribution in [-0.2, 0) is 6.61 Å². The maximum atomic E-state index is 13.0. The maximum absolute atomic E-state index is 13.0. The monoisotopic (exact) mass is 360 g/mol. The molecule has 4 aromatic rings. The summed E-state index contributed by atoms with van der Waals surface area (Å²) in [6.45, 7) is 0.290. The van der Waals surface area contributed by atoms with Gasteiger partial charge in [-0.2, -0.15) is 5.10 Å². The quantitative estimate of drug-likeness (QED) is 0.516. The number of hydrogen-bond acceptors (Lipinski definition) is 3. The van der Waals surface area contributed by atoms with E-state index in [4.69, 9.17) is 4.74 Å². The van der Waals surface area contributed by atoms with Gasteiger partial charge in [-0.15, -0.1) is 0 Å². The molecule has 3 aromatic carbocycles. The second-order valence-corrected chi connectivity index (χ2v) is 6.12. The van der Waals surface area contributed by atoms with Crippen LogP contribution in [0.15, 0.2) is 79.0 Å². The molecule has 0 fully saturated rings. The van der Waals surface area contributed by atoms with Crippen molar-refractivity contribution in [1.29, 1.82) is 0 Å². The molecule has 1 heterocycles. The Kier molecular flexibility index (Phi) is 4.58. The second kappa shape index (κ2) is 7.33. The molecular formula is C22H17FN2O2. The molecule has 0 radical (unpaired) electrons. The lowest BCUT2D eigenvalue weighted by Crippen LogP contribution is -1.95. The predicted octanol–water partition coefficient (Wildman–Crippen LogP) is 5.17. The number of benzene rings is 3. The summed E-state index contributed by atoms with van der Waals surface area (Å²) in [7, 11) is 0. The summed E-state index contributed by atoms with van der Waals surface area (Å²) in [5, 5.41) is 17.6. The van der Waals surface area contributed by atoms with E-state index in [1.165, 1.54) is 12.1 Å². The van der Waals surface area contributed by atoms with Gasteiger partial charge in [-0.05, 0) is 35.4 Å². The third-order valence-electron chi connectivity index (χ3n) is 4.28. The van der Waals surface area contributed by atoms with Crippen molar-refractivity contribution in [1.82, 2.24) is 10.2 Å². The zero-order valence-corrected chi connectivity index (χ0v) is 14.4. The first kappa shape index (κ1) is 16.8. The van der Waals surface area contributed by atoms with E-state index in [9.17, 15) is 9.50 Å². The first-order valence-corrected chi connectivity index (χ1v) is 8.50. The van der Waals surface area contributed by atoms with E-state index in [0.29, 0.717) is 17.9 Å². The molecule has 1 aromatic heterocycles. The third kappa shape index (κ3) is 3.67. The largest absolute Gasteiger partial charge is 0.507 e. The summed E-state index contributed by atoms with van der Waals surface area (Å²) in [6.07, 6.45) is 1.74. The Morgan fingerprint density at radius 1 is 0.926 bits per heavy atom. The number of hydrogen-bond donors (Lipinski definition) is 2. The number of phenolic OH excluding ortho intramolecular Hbond substituents is 1. The molecule has 0 saturated heterocycles. The summed E-state index contributed by atoms with van der Waals surface area (Å²) in [6, 6.07) is 21.1. The van der Waals surface area contributed by atoms with Crippen LogP contribution in [0.25, 0.3) is 22.4 Å². The summed E-state index contributed by atoms with van der Waals surface area (Å²) < 4.78 is 18.6. The summed E-state index contributed by atoms with van der Waals surface area (Å²) in [5.74, 6) is 0.337. The van der Waals surface area contributed by atoms with Crippen LogP contribution in [0.4, 0.5) is 4.39 Å². The smallest absolute Gasteiger partial charge is 0.128 e. The second-order valence-electron chi connectivity index (χ2n) is 6.12. The fourth-order valence-corrected chi connectivity index (χ4v) is 2.89. The van der Waals surface area contributed by atoms with Gasteiger partial charge < -0.3 is 9.84 Å². The van der Waals surface area contributed by atoms with Crippen molar-refractivity contribution in [3.05, 3.63) is 90.4 Å². The highest BCUT2D eigenvalue weighted by molar-refractivity contribution is 5.83.